The molecular weight excluding hydrogens is 308 g/mol. The van der Waals surface area contributed by atoms with Crippen LogP contribution >= 0.6 is 0 Å². The van der Waals surface area contributed by atoms with Gasteiger partial charge in [-0.05, 0) is 37.0 Å². The minimum atomic E-state index is -0.692. The van der Waals surface area contributed by atoms with Crippen molar-refractivity contribution in [3.05, 3.63) is 23.8 Å². The molecule has 1 aliphatic carbocycles. The minimum Gasteiger partial charge on any atom is -0.504 e. The Morgan fingerprint density at radius 3 is 2.92 bits per heavy atom. The minimum absolute atomic E-state index is 0.0496. The van der Waals surface area contributed by atoms with Crippen LogP contribution in [0.2, 0.25) is 0 Å². The summed E-state index contributed by atoms with van der Waals surface area (Å²) in [6, 6.07) is 5.14. The Morgan fingerprint density at radius 1 is 1.42 bits per heavy atom. The van der Waals surface area contributed by atoms with E-state index in [1.54, 1.807) is 12.1 Å². The topological polar surface area (TPSA) is 96.0 Å². The summed E-state index contributed by atoms with van der Waals surface area (Å²) in [5.41, 5.74) is 5.69. The monoisotopic (exact) mass is 334 g/mol. The molecule has 3 rings (SSSR count). The van der Waals surface area contributed by atoms with Gasteiger partial charge in [0.2, 0.25) is 5.91 Å². The van der Waals surface area contributed by atoms with E-state index in [1.165, 1.54) is 7.11 Å². The summed E-state index contributed by atoms with van der Waals surface area (Å²) < 4.78 is 5.23. The molecule has 0 spiro atoms. The third-order valence-corrected chi connectivity index (χ3v) is 5.58. The quantitative estimate of drug-likeness (QED) is 0.776. The number of benzene rings is 1. The van der Waals surface area contributed by atoms with Crippen LogP contribution in [0, 0.1) is 5.92 Å². The van der Waals surface area contributed by atoms with Gasteiger partial charge in [0.1, 0.15) is 0 Å². The standard InChI is InChI=1S/C18H26N2O4/c1-24-15-10-12(5-6-14(15)21)17-13-4-2-3-7-18(13,23)8-9-20(17)11-16(19)22/h5-6,10,13,17,21,23H,2-4,7-9,11H2,1H3,(H2,19,22)/t13?,17-,18?/m0/s1. The number of hydrogen-bond acceptors (Lipinski definition) is 5. The largest absolute Gasteiger partial charge is 0.504 e. The summed E-state index contributed by atoms with van der Waals surface area (Å²) in [6.07, 6.45) is 4.49. The van der Waals surface area contributed by atoms with Gasteiger partial charge in [-0.15, -0.1) is 0 Å². The maximum atomic E-state index is 11.5. The average molecular weight is 334 g/mol. The lowest BCUT2D eigenvalue weighted by Gasteiger charge is -2.52. The molecule has 1 aliphatic heterocycles. The number of phenols is 1. The number of ether oxygens (including phenoxy) is 1. The van der Waals surface area contributed by atoms with Crippen molar-refractivity contribution in [2.75, 3.05) is 20.2 Å². The van der Waals surface area contributed by atoms with Crippen LogP contribution in [0.3, 0.4) is 0 Å². The maximum absolute atomic E-state index is 11.5. The lowest BCUT2D eigenvalue weighted by atomic mass is 9.66. The normalized spacial score (nSPS) is 30.6. The molecule has 24 heavy (non-hydrogen) atoms. The number of aliphatic hydroxyl groups is 1. The number of nitrogens with two attached hydrogens (primary N) is 1. The van der Waals surface area contributed by atoms with E-state index in [2.05, 4.69) is 4.90 Å². The fraction of sp³-hybridized carbons (Fsp3) is 0.611. The number of nitrogens with zero attached hydrogens (tertiary/aromatic N) is 1. The highest BCUT2D eigenvalue weighted by Gasteiger charge is 2.49. The van der Waals surface area contributed by atoms with Crippen molar-refractivity contribution in [2.24, 2.45) is 11.7 Å². The maximum Gasteiger partial charge on any atom is 0.231 e. The van der Waals surface area contributed by atoms with Gasteiger partial charge in [0.05, 0.1) is 19.3 Å². The molecule has 2 aliphatic rings. The van der Waals surface area contributed by atoms with Gasteiger partial charge >= 0.3 is 0 Å². The van der Waals surface area contributed by atoms with Gasteiger partial charge < -0.3 is 20.7 Å². The zero-order valence-corrected chi connectivity index (χ0v) is 14.1. The number of piperidine rings is 1. The molecule has 0 radical (unpaired) electrons. The first kappa shape index (κ1) is 17.0. The summed E-state index contributed by atoms with van der Waals surface area (Å²) in [4.78, 5) is 13.6. The summed E-state index contributed by atoms with van der Waals surface area (Å²) in [5.74, 6) is 0.162. The van der Waals surface area contributed by atoms with E-state index in [-0.39, 0.29) is 30.2 Å². The molecule has 0 aromatic heterocycles. The van der Waals surface area contributed by atoms with Gasteiger partial charge in [-0.1, -0.05) is 18.9 Å². The smallest absolute Gasteiger partial charge is 0.231 e. The molecule has 1 aromatic rings. The Balaban J connectivity index is 2.00. The van der Waals surface area contributed by atoms with Crippen molar-refractivity contribution in [1.29, 1.82) is 0 Å². The highest BCUT2D eigenvalue weighted by atomic mass is 16.5. The molecular formula is C18H26N2O4. The number of primary amides is 1. The van der Waals surface area contributed by atoms with Crippen LogP contribution in [0.15, 0.2) is 18.2 Å². The Labute approximate surface area is 142 Å². The van der Waals surface area contributed by atoms with Crippen molar-refractivity contribution < 1.29 is 19.7 Å². The van der Waals surface area contributed by atoms with Crippen LogP contribution in [-0.4, -0.2) is 46.8 Å². The third-order valence-electron chi connectivity index (χ3n) is 5.58. The van der Waals surface area contributed by atoms with Gasteiger partial charge in [0, 0.05) is 18.5 Å². The van der Waals surface area contributed by atoms with E-state index in [4.69, 9.17) is 10.5 Å². The first-order valence-electron chi connectivity index (χ1n) is 8.56. The number of likely N-dealkylation sites (tertiary alicyclic amines) is 1. The van der Waals surface area contributed by atoms with Crippen LogP contribution < -0.4 is 10.5 Å². The van der Waals surface area contributed by atoms with Crippen molar-refractivity contribution >= 4 is 5.91 Å². The number of amides is 1. The number of phenolic OH excluding ortho intramolecular Hbond substituents is 1. The highest BCUT2D eigenvalue weighted by molar-refractivity contribution is 5.76. The number of rotatable bonds is 4. The Bertz CT molecular complexity index is 621. The van der Waals surface area contributed by atoms with E-state index in [0.29, 0.717) is 18.7 Å². The van der Waals surface area contributed by atoms with Crippen LogP contribution in [0.5, 0.6) is 11.5 Å². The van der Waals surface area contributed by atoms with Gasteiger partial charge in [0.25, 0.3) is 0 Å². The second-order valence-electron chi connectivity index (χ2n) is 7.02. The molecule has 4 N–H and O–H groups in total. The van der Waals surface area contributed by atoms with E-state index in [1.807, 2.05) is 6.07 Å². The molecule has 2 unspecified atom stereocenters. The van der Waals surface area contributed by atoms with Crippen molar-refractivity contribution in [3.8, 4) is 11.5 Å². The van der Waals surface area contributed by atoms with Gasteiger partial charge in [-0.25, -0.2) is 0 Å². The zero-order chi connectivity index (χ0) is 17.3. The predicted molar refractivity (Wildman–Crippen MR) is 89.7 cm³/mol. The number of aromatic hydroxyl groups is 1. The molecule has 3 atom stereocenters. The molecule has 6 heteroatoms. The first-order chi connectivity index (χ1) is 11.4. The molecule has 6 nitrogen and oxygen atoms in total. The fourth-order valence-electron chi connectivity index (χ4n) is 4.44. The van der Waals surface area contributed by atoms with E-state index >= 15 is 0 Å². The predicted octanol–water partition coefficient (Wildman–Crippen LogP) is 1.55. The van der Waals surface area contributed by atoms with Crippen LogP contribution in [0.1, 0.15) is 43.7 Å². The van der Waals surface area contributed by atoms with Crippen molar-refractivity contribution in [1.82, 2.24) is 4.90 Å². The second-order valence-corrected chi connectivity index (χ2v) is 7.02. The van der Waals surface area contributed by atoms with Crippen LogP contribution in [0.25, 0.3) is 0 Å². The Morgan fingerprint density at radius 2 is 2.21 bits per heavy atom. The van der Waals surface area contributed by atoms with E-state index in [0.717, 1.165) is 31.2 Å². The molecule has 1 heterocycles. The fourth-order valence-corrected chi connectivity index (χ4v) is 4.44. The average Bonchev–Trinajstić information content (AvgIpc) is 2.55. The van der Waals surface area contributed by atoms with Crippen molar-refractivity contribution in [3.63, 3.8) is 0 Å². The van der Waals surface area contributed by atoms with Crippen molar-refractivity contribution in [2.45, 2.75) is 43.7 Å². The van der Waals surface area contributed by atoms with Gasteiger partial charge in [-0.2, -0.15) is 0 Å². The molecule has 1 saturated heterocycles. The number of methoxy groups -OCH3 is 1. The zero-order valence-electron chi connectivity index (χ0n) is 14.1. The molecule has 0 bridgehead atoms. The SMILES string of the molecule is COc1cc([C@H]2C3CCCCC3(O)CCN2CC(N)=O)ccc1O. The Kier molecular flexibility index (Phi) is 4.69. The number of carbonyl (C=O) groups excluding carboxylic acids is 1. The van der Waals surface area contributed by atoms with Gasteiger partial charge in [-0.3, -0.25) is 9.69 Å². The summed E-state index contributed by atoms with van der Waals surface area (Å²) in [5, 5.41) is 21.0. The first-order valence-corrected chi connectivity index (χ1v) is 8.56. The van der Waals surface area contributed by atoms with E-state index in [9.17, 15) is 15.0 Å². The number of carbonyl (C=O) groups is 1. The molecule has 132 valence electrons. The summed E-state index contributed by atoms with van der Waals surface area (Å²) in [7, 11) is 1.51. The lowest BCUT2D eigenvalue weighted by molar-refractivity contribution is -0.136. The lowest BCUT2D eigenvalue weighted by Crippen LogP contribution is -2.56. The molecule has 2 fully saturated rings. The van der Waals surface area contributed by atoms with Crippen LogP contribution in [0.4, 0.5) is 0 Å². The Hall–Kier alpha value is -1.79. The second kappa shape index (κ2) is 6.61. The van der Waals surface area contributed by atoms with E-state index < -0.39 is 5.60 Å². The molecule has 1 amide bonds. The number of fused-ring (bicyclic) bond motifs is 1. The molecule has 1 saturated carbocycles. The third kappa shape index (κ3) is 3.08. The van der Waals surface area contributed by atoms with Gasteiger partial charge in [0.15, 0.2) is 11.5 Å². The summed E-state index contributed by atoms with van der Waals surface area (Å²) >= 11 is 0. The summed E-state index contributed by atoms with van der Waals surface area (Å²) in [6.45, 7) is 0.796. The number of hydrogen-bond donors (Lipinski definition) is 3. The van der Waals surface area contributed by atoms with Crippen LogP contribution in [-0.2, 0) is 4.79 Å². The molecule has 1 aromatic carbocycles. The highest BCUT2D eigenvalue weighted by Crippen LogP contribution is 2.49.